The molecule has 2 aromatic carbocycles. The Morgan fingerprint density at radius 3 is 2.60 bits per heavy atom. The lowest BCUT2D eigenvalue weighted by molar-refractivity contribution is 0.0873. The fraction of sp³-hybridized carbons (Fsp3) is 0.238. The molecule has 1 heterocycles. The lowest BCUT2D eigenvalue weighted by Gasteiger charge is -2.19. The maximum absolute atomic E-state index is 11.5. The number of phenols is 1. The number of carbonyl (C=O) groups is 1. The highest BCUT2D eigenvalue weighted by molar-refractivity contribution is 5.92. The summed E-state index contributed by atoms with van der Waals surface area (Å²) >= 11 is 0. The van der Waals surface area contributed by atoms with Crippen molar-refractivity contribution in [1.82, 2.24) is 10.3 Å². The standard InChI is InChI=1S/C21H23N3O6/c1-12(30-15-4-2-13(3-5-15)21(22)28)23-10-14(25)11-29-18-8-7-17(26)20-16(18)6-9-19(27)24-20/h2-9,12,14,23,25-26H,10-11H2,1H3,(H2,22,28)(H,24,27). The molecule has 2 unspecified atom stereocenters. The van der Waals surface area contributed by atoms with Gasteiger partial charge in [-0.3, -0.25) is 14.9 Å². The number of nitrogens with two attached hydrogens (primary N) is 1. The van der Waals surface area contributed by atoms with Crippen LogP contribution >= 0.6 is 0 Å². The molecule has 0 saturated carbocycles. The Kier molecular flexibility index (Phi) is 6.55. The average Bonchev–Trinajstić information content (AvgIpc) is 2.72. The molecule has 0 bridgehead atoms. The van der Waals surface area contributed by atoms with Crippen molar-refractivity contribution in [2.24, 2.45) is 5.73 Å². The molecule has 1 aromatic heterocycles. The van der Waals surface area contributed by atoms with Crippen molar-refractivity contribution >= 4 is 16.8 Å². The summed E-state index contributed by atoms with van der Waals surface area (Å²) in [6, 6.07) is 12.3. The molecule has 0 aliphatic heterocycles. The number of aliphatic hydroxyl groups is 1. The number of amides is 1. The fourth-order valence-corrected chi connectivity index (χ4v) is 2.83. The number of carbonyl (C=O) groups excluding carboxylic acids is 1. The molecular weight excluding hydrogens is 390 g/mol. The number of rotatable bonds is 9. The number of aliphatic hydroxyl groups excluding tert-OH is 1. The van der Waals surface area contributed by atoms with Crippen molar-refractivity contribution in [3.8, 4) is 17.2 Å². The highest BCUT2D eigenvalue weighted by atomic mass is 16.5. The van der Waals surface area contributed by atoms with E-state index in [0.29, 0.717) is 22.4 Å². The number of pyridine rings is 1. The van der Waals surface area contributed by atoms with E-state index in [1.54, 1.807) is 43.3 Å². The largest absolute Gasteiger partial charge is 0.506 e. The number of H-pyrrole nitrogens is 1. The number of aromatic hydroxyl groups is 1. The SMILES string of the molecule is CC(NCC(O)COc1ccc(O)c2[nH]c(=O)ccc12)Oc1ccc(C(N)=O)cc1. The quantitative estimate of drug-likeness (QED) is 0.330. The van der Waals surface area contributed by atoms with Gasteiger partial charge in [0.05, 0.1) is 5.52 Å². The first-order chi connectivity index (χ1) is 14.3. The second-order valence-electron chi connectivity index (χ2n) is 6.72. The zero-order valence-corrected chi connectivity index (χ0v) is 16.3. The molecule has 9 nitrogen and oxygen atoms in total. The summed E-state index contributed by atoms with van der Waals surface area (Å²) in [7, 11) is 0. The predicted molar refractivity (Wildman–Crippen MR) is 111 cm³/mol. The van der Waals surface area contributed by atoms with E-state index in [2.05, 4.69) is 10.3 Å². The maximum atomic E-state index is 11.5. The van der Waals surface area contributed by atoms with Gasteiger partial charge in [0.25, 0.3) is 0 Å². The molecule has 0 spiro atoms. The van der Waals surface area contributed by atoms with Gasteiger partial charge in [-0.05, 0) is 49.4 Å². The molecule has 3 rings (SSSR count). The zero-order chi connectivity index (χ0) is 21.7. The number of fused-ring (bicyclic) bond motifs is 1. The van der Waals surface area contributed by atoms with Crippen molar-refractivity contribution in [2.45, 2.75) is 19.3 Å². The van der Waals surface area contributed by atoms with Gasteiger partial charge in [0.1, 0.15) is 36.2 Å². The van der Waals surface area contributed by atoms with Gasteiger partial charge in [-0.25, -0.2) is 0 Å². The molecule has 0 fully saturated rings. The number of hydrogen-bond acceptors (Lipinski definition) is 7. The fourth-order valence-electron chi connectivity index (χ4n) is 2.83. The van der Waals surface area contributed by atoms with Crippen LogP contribution in [0.4, 0.5) is 0 Å². The highest BCUT2D eigenvalue weighted by Gasteiger charge is 2.12. The van der Waals surface area contributed by atoms with Crippen LogP contribution in [-0.2, 0) is 0 Å². The Morgan fingerprint density at radius 1 is 1.17 bits per heavy atom. The Balaban J connectivity index is 1.51. The third kappa shape index (κ3) is 5.28. The van der Waals surface area contributed by atoms with Crippen LogP contribution in [0.25, 0.3) is 10.9 Å². The summed E-state index contributed by atoms with van der Waals surface area (Å²) in [4.78, 5) is 25.1. The van der Waals surface area contributed by atoms with Gasteiger partial charge in [-0.1, -0.05) is 0 Å². The second kappa shape index (κ2) is 9.29. The lowest BCUT2D eigenvalue weighted by Crippen LogP contribution is -2.39. The van der Waals surface area contributed by atoms with Gasteiger partial charge >= 0.3 is 0 Å². The maximum Gasteiger partial charge on any atom is 0.248 e. The first-order valence-corrected chi connectivity index (χ1v) is 9.29. The molecule has 9 heteroatoms. The summed E-state index contributed by atoms with van der Waals surface area (Å²) in [5.74, 6) is 0.406. The van der Waals surface area contributed by atoms with E-state index < -0.39 is 18.2 Å². The summed E-state index contributed by atoms with van der Waals surface area (Å²) in [6.07, 6.45) is -1.24. The number of primary amides is 1. The van der Waals surface area contributed by atoms with Gasteiger partial charge < -0.3 is 30.4 Å². The van der Waals surface area contributed by atoms with Gasteiger partial charge in [0.2, 0.25) is 11.5 Å². The second-order valence-corrected chi connectivity index (χ2v) is 6.72. The summed E-state index contributed by atoms with van der Waals surface area (Å²) in [5.41, 5.74) is 5.53. The van der Waals surface area contributed by atoms with Crippen LogP contribution in [0.5, 0.6) is 17.2 Å². The number of phenolic OH excluding ortho intramolecular Hbond substituents is 1. The van der Waals surface area contributed by atoms with Crippen LogP contribution in [-0.4, -0.2) is 46.6 Å². The van der Waals surface area contributed by atoms with Crippen molar-refractivity contribution < 1.29 is 24.5 Å². The minimum Gasteiger partial charge on any atom is -0.506 e. The van der Waals surface area contributed by atoms with E-state index in [9.17, 15) is 19.8 Å². The van der Waals surface area contributed by atoms with Crippen LogP contribution < -0.4 is 26.1 Å². The zero-order valence-electron chi connectivity index (χ0n) is 16.3. The molecule has 6 N–H and O–H groups in total. The monoisotopic (exact) mass is 413 g/mol. The van der Waals surface area contributed by atoms with Crippen LogP contribution in [0.15, 0.2) is 53.3 Å². The van der Waals surface area contributed by atoms with Crippen LogP contribution in [0, 0.1) is 0 Å². The Hall–Kier alpha value is -3.56. The topological polar surface area (TPSA) is 147 Å². The van der Waals surface area contributed by atoms with Gasteiger partial charge in [0, 0.05) is 23.6 Å². The Bertz CT molecular complexity index is 1080. The molecule has 1 amide bonds. The number of hydrogen-bond donors (Lipinski definition) is 5. The summed E-state index contributed by atoms with van der Waals surface area (Å²) in [6.45, 7) is 1.97. The third-order valence-electron chi connectivity index (χ3n) is 4.36. The molecule has 30 heavy (non-hydrogen) atoms. The first kappa shape index (κ1) is 21.2. The minimum absolute atomic E-state index is 0.00791. The van der Waals surface area contributed by atoms with E-state index in [-0.39, 0.29) is 30.0 Å². The van der Waals surface area contributed by atoms with Crippen molar-refractivity contribution in [1.29, 1.82) is 0 Å². The minimum atomic E-state index is -0.833. The van der Waals surface area contributed by atoms with E-state index in [0.717, 1.165) is 0 Å². The van der Waals surface area contributed by atoms with Gasteiger partial charge in [-0.15, -0.1) is 0 Å². The third-order valence-corrected chi connectivity index (χ3v) is 4.36. The molecule has 0 aliphatic rings. The molecule has 0 aliphatic carbocycles. The smallest absolute Gasteiger partial charge is 0.248 e. The normalized spacial score (nSPS) is 13.0. The van der Waals surface area contributed by atoms with E-state index in [1.807, 2.05) is 0 Å². The van der Waals surface area contributed by atoms with E-state index >= 15 is 0 Å². The van der Waals surface area contributed by atoms with Crippen LogP contribution in [0.2, 0.25) is 0 Å². The molecule has 158 valence electrons. The number of aromatic nitrogens is 1. The van der Waals surface area contributed by atoms with Gasteiger partial charge in [0.15, 0.2) is 0 Å². The molecule has 3 aromatic rings. The summed E-state index contributed by atoms with van der Waals surface area (Å²) in [5, 5.41) is 23.6. The molecular formula is C21H23N3O6. The van der Waals surface area contributed by atoms with Crippen molar-refractivity contribution in [2.75, 3.05) is 13.2 Å². The van der Waals surface area contributed by atoms with E-state index in [4.69, 9.17) is 15.2 Å². The van der Waals surface area contributed by atoms with Crippen LogP contribution in [0.3, 0.4) is 0 Å². The summed E-state index contributed by atoms with van der Waals surface area (Å²) < 4.78 is 11.3. The predicted octanol–water partition coefficient (Wildman–Crippen LogP) is 1.09. The molecule has 0 radical (unpaired) electrons. The number of nitrogens with one attached hydrogen (secondary N) is 2. The Morgan fingerprint density at radius 2 is 1.90 bits per heavy atom. The Labute approximate surface area is 172 Å². The lowest BCUT2D eigenvalue weighted by atomic mass is 10.2. The number of benzene rings is 2. The molecule has 0 saturated heterocycles. The number of aromatic amines is 1. The van der Waals surface area contributed by atoms with E-state index in [1.165, 1.54) is 12.1 Å². The van der Waals surface area contributed by atoms with Gasteiger partial charge in [-0.2, -0.15) is 0 Å². The van der Waals surface area contributed by atoms with Crippen LogP contribution in [0.1, 0.15) is 17.3 Å². The number of ether oxygens (including phenoxy) is 2. The van der Waals surface area contributed by atoms with Crippen molar-refractivity contribution in [3.63, 3.8) is 0 Å². The molecule has 2 atom stereocenters. The highest BCUT2D eigenvalue weighted by Crippen LogP contribution is 2.30. The first-order valence-electron chi connectivity index (χ1n) is 9.29. The average molecular weight is 413 g/mol. The van der Waals surface area contributed by atoms with Crippen molar-refractivity contribution in [3.05, 3.63) is 64.4 Å².